The van der Waals surface area contributed by atoms with Crippen LogP contribution in [0.3, 0.4) is 0 Å². The lowest BCUT2D eigenvalue weighted by atomic mass is 10.1. The summed E-state index contributed by atoms with van der Waals surface area (Å²) < 4.78 is 6.87. The summed E-state index contributed by atoms with van der Waals surface area (Å²) in [6.07, 6.45) is 2.14. The zero-order valence-corrected chi connectivity index (χ0v) is 11.5. The molecule has 1 aromatic heterocycles. The Hall–Kier alpha value is 0.200. The summed E-state index contributed by atoms with van der Waals surface area (Å²) in [6.45, 7) is 3.82. The van der Waals surface area contributed by atoms with E-state index in [1.807, 2.05) is 6.07 Å². The van der Waals surface area contributed by atoms with E-state index >= 15 is 0 Å². The van der Waals surface area contributed by atoms with Crippen LogP contribution in [-0.2, 0) is 4.74 Å². The molecule has 90 valence electrons. The third kappa shape index (κ3) is 3.11. The SMILES string of the molecule is CC(NC1CCOCC1)c1cc(Cl)sc1Cl. The van der Waals surface area contributed by atoms with Crippen molar-refractivity contribution in [3.63, 3.8) is 0 Å². The number of rotatable bonds is 3. The van der Waals surface area contributed by atoms with Crippen LogP contribution >= 0.6 is 34.5 Å². The molecule has 1 fully saturated rings. The van der Waals surface area contributed by atoms with Crippen molar-refractivity contribution in [3.8, 4) is 0 Å². The molecule has 0 aromatic carbocycles. The molecule has 0 saturated carbocycles. The van der Waals surface area contributed by atoms with Gasteiger partial charge in [-0.1, -0.05) is 23.2 Å². The number of hydrogen-bond donors (Lipinski definition) is 1. The minimum atomic E-state index is 0.249. The average molecular weight is 280 g/mol. The van der Waals surface area contributed by atoms with E-state index in [9.17, 15) is 0 Å². The van der Waals surface area contributed by atoms with Gasteiger partial charge in [-0.15, -0.1) is 11.3 Å². The molecule has 0 radical (unpaired) electrons. The predicted octanol–water partition coefficient (Wildman–Crippen LogP) is 3.88. The van der Waals surface area contributed by atoms with Crippen molar-refractivity contribution >= 4 is 34.5 Å². The molecule has 1 aliphatic rings. The monoisotopic (exact) mass is 279 g/mol. The molecule has 5 heteroatoms. The molecule has 2 nitrogen and oxygen atoms in total. The third-order valence-corrected chi connectivity index (χ3v) is 4.37. The molecule has 1 unspecified atom stereocenters. The summed E-state index contributed by atoms with van der Waals surface area (Å²) in [6, 6.07) is 2.73. The van der Waals surface area contributed by atoms with Gasteiger partial charge < -0.3 is 10.1 Å². The molecular weight excluding hydrogens is 265 g/mol. The Kier molecular flexibility index (Phi) is 4.50. The lowest BCUT2D eigenvalue weighted by Crippen LogP contribution is -2.36. The van der Waals surface area contributed by atoms with Crippen molar-refractivity contribution in [2.45, 2.75) is 31.8 Å². The topological polar surface area (TPSA) is 21.3 Å². The van der Waals surface area contributed by atoms with Gasteiger partial charge in [-0.2, -0.15) is 0 Å². The van der Waals surface area contributed by atoms with Crippen molar-refractivity contribution in [1.29, 1.82) is 0 Å². The first-order valence-electron chi connectivity index (χ1n) is 5.45. The van der Waals surface area contributed by atoms with Gasteiger partial charge >= 0.3 is 0 Å². The van der Waals surface area contributed by atoms with E-state index in [1.165, 1.54) is 11.3 Å². The van der Waals surface area contributed by atoms with Crippen molar-refractivity contribution in [1.82, 2.24) is 5.32 Å². The zero-order valence-electron chi connectivity index (χ0n) is 9.13. The normalized spacial score (nSPS) is 19.9. The van der Waals surface area contributed by atoms with Gasteiger partial charge in [0.15, 0.2) is 0 Å². The van der Waals surface area contributed by atoms with Crippen LogP contribution < -0.4 is 5.32 Å². The molecule has 2 rings (SSSR count). The predicted molar refractivity (Wildman–Crippen MR) is 69.7 cm³/mol. The second-order valence-corrected chi connectivity index (χ2v) is 6.34. The van der Waals surface area contributed by atoms with Crippen molar-refractivity contribution in [2.75, 3.05) is 13.2 Å². The molecule has 1 N–H and O–H groups in total. The molecule has 16 heavy (non-hydrogen) atoms. The summed E-state index contributed by atoms with van der Waals surface area (Å²) in [5, 5.41) is 3.57. The summed E-state index contributed by atoms with van der Waals surface area (Å²) in [7, 11) is 0. The van der Waals surface area contributed by atoms with Crippen LogP contribution in [0.4, 0.5) is 0 Å². The van der Waals surface area contributed by atoms with Gasteiger partial charge in [-0.05, 0) is 31.4 Å². The minimum Gasteiger partial charge on any atom is -0.381 e. The van der Waals surface area contributed by atoms with Crippen molar-refractivity contribution in [2.24, 2.45) is 0 Å². The summed E-state index contributed by atoms with van der Waals surface area (Å²) in [5.74, 6) is 0. The van der Waals surface area contributed by atoms with Gasteiger partial charge in [0.05, 0.1) is 8.67 Å². The van der Waals surface area contributed by atoms with Crippen LogP contribution in [0.5, 0.6) is 0 Å². The summed E-state index contributed by atoms with van der Waals surface area (Å²) >= 11 is 13.5. The molecule has 0 spiro atoms. The molecular formula is C11H15Cl2NOS. The van der Waals surface area contributed by atoms with Gasteiger partial charge in [0, 0.05) is 25.3 Å². The lowest BCUT2D eigenvalue weighted by Gasteiger charge is -2.26. The minimum absolute atomic E-state index is 0.249. The highest BCUT2D eigenvalue weighted by atomic mass is 35.5. The van der Waals surface area contributed by atoms with Crippen molar-refractivity contribution in [3.05, 3.63) is 20.3 Å². The van der Waals surface area contributed by atoms with E-state index in [0.717, 1.165) is 40.3 Å². The molecule has 0 amide bonds. The number of thiophene rings is 1. The van der Waals surface area contributed by atoms with Crippen LogP contribution in [0.2, 0.25) is 8.67 Å². The Labute approximate surface area is 110 Å². The largest absolute Gasteiger partial charge is 0.381 e. The molecule has 0 aliphatic carbocycles. The quantitative estimate of drug-likeness (QED) is 0.907. The number of nitrogens with one attached hydrogen (secondary N) is 1. The molecule has 1 aromatic rings. The summed E-state index contributed by atoms with van der Waals surface area (Å²) in [4.78, 5) is 0. The zero-order chi connectivity index (χ0) is 11.5. The first-order chi connectivity index (χ1) is 7.66. The maximum absolute atomic E-state index is 6.13. The Morgan fingerprint density at radius 1 is 1.44 bits per heavy atom. The Morgan fingerprint density at radius 3 is 2.69 bits per heavy atom. The lowest BCUT2D eigenvalue weighted by molar-refractivity contribution is 0.0754. The van der Waals surface area contributed by atoms with Gasteiger partial charge in [0.1, 0.15) is 0 Å². The van der Waals surface area contributed by atoms with Gasteiger partial charge in [0.25, 0.3) is 0 Å². The average Bonchev–Trinajstić information content (AvgIpc) is 2.59. The fourth-order valence-electron chi connectivity index (χ4n) is 1.96. The van der Waals surface area contributed by atoms with Crippen LogP contribution in [0, 0.1) is 0 Å². The molecule has 1 atom stereocenters. The van der Waals surface area contributed by atoms with E-state index in [-0.39, 0.29) is 6.04 Å². The first kappa shape index (κ1) is 12.7. The molecule has 1 saturated heterocycles. The van der Waals surface area contributed by atoms with Crippen molar-refractivity contribution < 1.29 is 4.74 Å². The summed E-state index contributed by atoms with van der Waals surface area (Å²) in [5.41, 5.74) is 1.10. The molecule has 1 aliphatic heterocycles. The van der Waals surface area contributed by atoms with E-state index in [0.29, 0.717) is 6.04 Å². The van der Waals surface area contributed by atoms with Gasteiger partial charge in [0.2, 0.25) is 0 Å². The number of ether oxygens (including phenoxy) is 1. The Morgan fingerprint density at radius 2 is 2.12 bits per heavy atom. The maximum Gasteiger partial charge on any atom is 0.0991 e. The first-order valence-corrected chi connectivity index (χ1v) is 7.02. The van der Waals surface area contributed by atoms with Crippen LogP contribution in [-0.4, -0.2) is 19.3 Å². The van der Waals surface area contributed by atoms with Crippen LogP contribution in [0.25, 0.3) is 0 Å². The van der Waals surface area contributed by atoms with E-state index in [2.05, 4.69) is 12.2 Å². The van der Waals surface area contributed by atoms with E-state index in [1.54, 1.807) is 0 Å². The third-order valence-electron chi connectivity index (χ3n) is 2.86. The van der Waals surface area contributed by atoms with Gasteiger partial charge in [-0.3, -0.25) is 0 Å². The second kappa shape index (κ2) is 5.69. The van der Waals surface area contributed by atoms with E-state index < -0.39 is 0 Å². The van der Waals surface area contributed by atoms with Gasteiger partial charge in [-0.25, -0.2) is 0 Å². The van der Waals surface area contributed by atoms with E-state index in [4.69, 9.17) is 27.9 Å². The van der Waals surface area contributed by atoms with Crippen LogP contribution in [0.15, 0.2) is 6.07 Å². The fraction of sp³-hybridized carbons (Fsp3) is 0.636. The number of hydrogen-bond acceptors (Lipinski definition) is 3. The number of halogens is 2. The highest BCUT2D eigenvalue weighted by molar-refractivity contribution is 7.20. The standard InChI is InChI=1S/C11H15Cl2NOS/c1-7(9-6-10(12)16-11(9)13)14-8-2-4-15-5-3-8/h6-8,14H,2-5H2,1H3. The van der Waals surface area contributed by atoms with Crippen LogP contribution in [0.1, 0.15) is 31.4 Å². The molecule has 0 bridgehead atoms. The fourth-order valence-corrected chi connectivity index (χ4v) is 3.60. The Balaban J connectivity index is 1.96. The molecule has 2 heterocycles. The second-order valence-electron chi connectivity index (χ2n) is 4.05. The Bertz CT molecular complexity index is 350. The maximum atomic E-state index is 6.13. The highest BCUT2D eigenvalue weighted by Crippen LogP contribution is 2.35. The smallest absolute Gasteiger partial charge is 0.0991 e. The highest BCUT2D eigenvalue weighted by Gasteiger charge is 2.19.